The maximum atomic E-state index is 5.99. The molecule has 0 amide bonds. The minimum atomic E-state index is 0.304. The number of likely N-dealkylation sites (N-methyl/N-ethyl adjacent to an activating group) is 1. The normalized spacial score (nSPS) is 22.4. The van der Waals surface area contributed by atoms with Crippen LogP contribution in [-0.2, 0) is 0 Å². The van der Waals surface area contributed by atoms with Crippen molar-refractivity contribution in [3.8, 4) is 0 Å². The number of nitrogens with zero attached hydrogens (tertiary/aromatic N) is 3. The first-order valence-electron chi connectivity index (χ1n) is 7.15. The summed E-state index contributed by atoms with van der Waals surface area (Å²) in [6, 6.07) is 10.6. The summed E-state index contributed by atoms with van der Waals surface area (Å²) < 4.78 is 0. The van der Waals surface area contributed by atoms with Crippen LogP contribution in [0.3, 0.4) is 0 Å². The van der Waals surface area contributed by atoms with Crippen LogP contribution in [0.4, 0.5) is 5.95 Å². The summed E-state index contributed by atoms with van der Waals surface area (Å²) in [4.78, 5) is 11.1. The van der Waals surface area contributed by atoms with Gasteiger partial charge in [-0.2, -0.15) is 0 Å². The van der Waals surface area contributed by atoms with E-state index in [4.69, 9.17) is 11.6 Å². The fourth-order valence-electron chi connectivity index (χ4n) is 2.93. The van der Waals surface area contributed by atoms with Crippen LogP contribution in [0.5, 0.6) is 0 Å². The summed E-state index contributed by atoms with van der Waals surface area (Å²) in [6.45, 7) is 3.03. The van der Waals surface area contributed by atoms with Crippen molar-refractivity contribution in [3.63, 3.8) is 0 Å². The van der Waals surface area contributed by atoms with Crippen LogP contribution in [0.25, 0.3) is 0 Å². The molecular formula is C16H19ClN4. The van der Waals surface area contributed by atoms with Crippen molar-refractivity contribution in [2.45, 2.75) is 25.4 Å². The third kappa shape index (κ3) is 3.17. The maximum Gasteiger partial charge on any atom is 0.223 e. The Hall–Kier alpha value is -1.65. The lowest BCUT2D eigenvalue weighted by atomic mass is 10.0. The van der Waals surface area contributed by atoms with Crippen LogP contribution in [0.2, 0.25) is 5.02 Å². The van der Waals surface area contributed by atoms with Gasteiger partial charge in [0.1, 0.15) is 0 Å². The highest BCUT2D eigenvalue weighted by molar-refractivity contribution is 6.30. The number of hydrogen-bond donors (Lipinski definition) is 1. The van der Waals surface area contributed by atoms with Gasteiger partial charge in [0.05, 0.1) is 6.04 Å². The highest BCUT2D eigenvalue weighted by Crippen LogP contribution is 2.33. The Morgan fingerprint density at radius 1 is 1.24 bits per heavy atom. The van der Waals surface area contributed by atoms with Gasteiger partial charge in [-0.05, 0) is 44.2 Å². The van der Waals surface area contributed by atoms with E-state index >= 15 is 0 Å². The molecule has 0 spiro atoms. The molecule has 0 aliphatic carbocycles. The molecule has 1 fully saturated rings. The lowest BCUT2D eigenvalue weighted by molar-refractivity contribution is 0.309. The zero-order valence-corrected chi connectivity index (χ0v) is 13.0. The average molecular weight is 303 g/mol. The van der Waals surface area contributed by atoms with Crippen LogP contribution >= 0.6 is 11.6 Å². The molecule has 5 heteroatoms. The Morgan fingerprint density at radius 3 is 2.71 bits per heavy atom. The van der Waals surface area contributed by atoms with Crippen LogP contribution in [0.15, 0.2) is 36.5 Å². The fraction of sp³-hybridized carbons (Fsp3) is 0.375. The fourth-order valence-corrected chi connectivity index (χ4v) is 3.05. The molecule has 2 heterocycles. The molecule has 2 aromatic rings. The number of nitrogens with one attached hydrogen (secondary N) is 1. The second-order valence-corrected chi connectivity index (χ2v) is 5.97. The highest BCUT2D eigenvalue weighted by Gasteiger charge is 2.33. The molecule has 21 heavy (non-hydrogen) atoms. The monoisotopic (exact) mass is 302 g/mol. The van der Waals surface area contributed by atoms with Crippen molar-refractivity contribution in [2.24, 2.45) is 0 Å². The Morgan fingerprint density at radius 2 is 2.00 bits per heavy atom. The van der Waals surface area contributed by atoms with E-state index < -0.39 is 0 Å². The molecule has 4 nitrogen and oxygen atoms in total. The Kier molecular flexibility index (Phi) is 4.08. The third-order valence-electron chi connectivity index (χ3n) is 3.97. The molecule has 1 N–H and O–H groups in total. The predicted octanol–water partition coefficient (Wildman–Crippen LogP) is 3.30. The van der Waals surface area contributed by atoms with E-state index in [-0.39, 0.29) is 0 Å². The molecule has 110 valence electrons. The summed E-state index contributed by atoms with van der Waals surface area (Å²) in [6.07, 6.45) is 2.86. The van der Waals surface area contributed by atoms with Gasteiger partial charge in [0, 0.05) is 29.5 Å². The van der Waals surface area contributed by atoms with E-state index in [1.165, 1.54) is 5.56 Å². The minimum absolute atomic E-state index is 0.304. The van der Waals surface area contributed by atoms with Gasteiger partial charge in [-0.3, -0.25) is 4.90 Å². The van der Waals surface area contributed by atoms with Gasteiger partial charge in [-0.1, -0.05) is 23.7 Å². The molecule has 0 radical (unpaired) electrons. The number of rotatable bonds is 3. The van der Waals surface area contributed by atoms with E-state index in [2.05, 4.69) is 39.4 Å². The van der Waals surface area contributed by atoms with E-state index in [9.17, 15) is 0 Å². The van der Waals surface area contributed by atoms with Crippen LogP contribution in [0.1, 0.15) is 23.7 Å². The first-order chi connectivity index (χ1) is 10.1. The van der Waals surface area contributed by atoms with Gasteiger partial charge in [0.15, 0.2) is 0 Å². The van der Waals surface area contributed by atoms with Crippen LogP contribution < -0.4 is 5.32 Å². The summed E-state index contributed by atoms with van der Waals surface area (Å²) in [7, 11) is 2.15. The molecule has 1 aliphatic heterocycles. The Balaban J connectivity index is 1.82. The SMILES string of the molecule is Cc1ccnc(NC2CCN(C)C2c2ccc(Cl)cc2)n1. The van der Waals surface area contributed by atoms with Gasteiger partial charge < -0.3 is 5.32 Å². The number of hydrogen-bond acceptors (Lipinski definition) is 4. The molecule has 0 bridgehead atoms. The molecular weight excluding hydrogens is 284 g/mol. The van der Waals surface area contributed by atoms with Gasteiger partial charge >= 0.3 is 0 Å². The average Bonchev–Trinajstić information content (AvgIpc) is 2.81. The predicted molar refractivity (Wildman–Crippen MR) is 85.6 cm³/mol. The number of likely N-dealkylation sites (tertiary alicyclic amines) is 1. The summed E-state index contributed by atoms with van der Waals surface area (Å²) in [5, 5.41) is 4.25. The number of aryl methyl sites for hydroxylation is 1. The largest absolute Gasteiger partial charge is 0.350 e. The number of halogens is 1. The van der Waals surface area contributed by atoms with E-state index in [0.29, 0.717) is 18.0 Å². The van der Waals surface area contributed by atoms with Crippen molar-refractivity contribution in [2.75, 3.05) is 18.9 Å². The van der Waals surface area contributed by atoms with Gasteiger partial charge in [-0.25, -0.2) is 9.97 Å². The van der Waals surface area contributed by atoms with Crippen molar-refractivity contribution in [3.05, 3.63) is 52.8 Å². The van der Waals surface area contributed by atoms with Gasteiger partial charge in [0.2, 0.25) is 5.95 Å². The molecule has 1 aromatic heterocycles. The Labute approximate surface area is 130 Å². The standard InChI is InChI=1S/C16H19ClN4/c1-11-7-9-18-16(19-11)20-14-8-10-21(2)15(14)12-3-5-13(17)6-4-12/h3-7,9,14-15H,8,10H2,1-2H3,(H,18,19,20). The summed E-state index contributed by atoms with van der Waals surface area (Å²) >= 11 is 5.99. The van der Waals surface area contributed by atoms with Crippen molar-refractivity contribution >= 4 is 17.5 Å². The second kappa shape index (κ2) is 6.00. The minimum Gasteiger partial charge on any atom is -0.350 e. The number of anilines is 1. The summed E-state index contributed by atoms with van der Waals surface area (Å²) in [5.41, 5.74) is 2.24. The van der Waals surface area contributed by atoms with Gasteiger partial charge in [0.25, 0.3) is 0 Å². The third-order valence-corrected chi connectivity index (χ3v) is 4.22. The van der Waals surface area contributed by atoms with Crippen molar-refractivity contribution in [1.29, 1.82) is 0 Å². The highest BCUT2D eigenvalue weighted by atomic mass is 35.5. The molecule has 2 atom stereocenters. The van der Waals surface area contributed by atoms with E-state index in [1.807, 2.05) is 25.1 Å². The smallest absolute Gasteiger partial charge is 0.223 e. The maximum absolute atomic E-state index is 5.99. The summed E-state index contributed by atoms with van der Waals surface area (Å²) in [5.74, 6) is 0.703. The molecule has 1 aromatic carbocycles. The molecule has 3 rings (SSSR count). The van der Waals surface area contributed by atoms with Crippen LogP contribution in [-0.4, -0.2) is 34.5 Å². The van der Waals surface area contributed by atoms with Gasteiger partial charge in [-0.15, -0.1) is 0 Å². The number of aromatic nitrogens is 2. The molecule has 0 saturated carbocycles. The quantitative estimate of drug-likeness (QED) is 0.944. The molecule has 1 saturated heterocycles. The zero-order chi connectivity index (χ0) is 14.8. The van der Waals surface area contributed by atoms with E-state index in [1.54, 1.807) is 6.20 Å². The molecule has 1 aliphatic rings. The lowest BCUT2D eigenvalue weighted by Crippen LogP contribution is -2.29. The lowest BCUT2D eigenvalue weighted by Gasteiger charge is -2.26. The Bertz CT molecular complexity index is 614. The van der Waals surface area contributed by atoms with E-state index in [0.717, 1.165) is 23.7 Å². The topological polar surface area (TPSA) is 41.1 Å². The number of benzene rings is 1. The zero-order valence-electron chi connectivity index (χ0n) is 12.3. The van der Waals surface area contributed by atoms with Crippen molar-refractivity contribution < 1.29 is 0 Å². The van der Waals surface area contributed by atoms with Crippen molar-refractivity contribution in [1.82, 2.24) is 14.9 Å². The first kappa shape index (κ1) is 14.3. The second-order valence-electron chi connectivity index (χ2n) is 5.54. The van der Waals surface area contributed by atoms with Crippen LogP contribution in [0, 0.1) is 6.92 Å². The molecule has 2 unspecified atom stereocenters. The first-order valence-corrected chi connectivity index (χ1v) is 7.53.